The number of carbonyl (C=O) groups is 1. The predicted molar refractivity (Wildman–Crippen MR) is 74.3 cm³/mol. The first kappa shape index (κ1) is 13.7. The Bertz CT molecular complexity index is 462. The Balaban J connectivity index is 2.07. The third-order valence-electron chi connectivity index (χ3n) is 3.55. The first-order valence-corrected chi connectivity index (χ1v) is 6.41. The Morgan fingerprint density at radius 3 is 2.79 bits per heavy atom. The van der Waals surface area contributed by atoms with Crippen molar-refractivity contribution < 1.29 is 14.3 Å². The molecule has 0 saturated heterocycles. The van der Waals surface area contributed by atoms with Gasteiger partial charge in [-0.3, -0.25) is 0 Å². The number of benzene rings is 1. The second-order valence-electron chi connectivity index (χ2n) is 4.81. The summed E-state index contributed by atoms with van der Waals surface area (Å²) >= 11 is 0. The molecule has 5 heteroatoms. The summed E-state index contributed by atoms with van der Waals surface area (Å²) in [6.07, 6.45) is 3.43. The van der Waals surface area contributed by atoms with Crippen LogP contribution in [-0.4, -0.2) is 32.3 Å². The van der Waals surface area contributed by atoms with Crippen molar-refractivity contribution in [3.05, 3.63) is 23.8 Å². The summed E-state index contributed by atoms with van der Waals surface area (Å²) in [5.74, 6) is -0.415. The molecule has 0 aliphatic heterocycles. The van der Waals surface area contributed by atoms with Crippen LogP contribution in [0.3, 0.4) is 0 Å². The van der Waals surface area contributed by atoms with Crippen molar-refractivity contribution in [1.29, 1.82) is 0 Å². The van der Waals surface area contributed by atoms with E-state index in [2.05, 4.69) is 5.32 Å². The number of methoxy groups -OCH3 is 2. The van der Waals surface area contributed by atoms with Gasteiger partial charge < -0.3 is 20.5 Å². The smallest absolute Gasteiger partial charge is 0.340 e. The van der Waals surface area contributed by atoms with Gasteiger partial charge in [0.15, 0.2) is 0 Å². The molecular weight excluding hydrogens is 244 g/mol. The van der Waals surface area contributed by atoms with Gasteiger partial charge in [-0.1, -0.05) is 0 Å². The molecule has 0 spiro atoms. The molecule has 0 amide bonds. The minimum absolute atomic E-state index is 0.325. The number of ether oxygens (including phenoxy) is 2. The summed E-state index contributed by atoms with van der Waals surface area (Å²) in [4.78, 5) is 11.6. The van der Waals surface area contributed by atoms with Gasteiger partial charge in [0.05, 0.1) is 18.8 Å². The maximum atomic E-state index is 11.6. The molecule has 1 aliphatic carbocycles. The van der Waals surface area contributed by atoms with Crippen LogP contribution in [0, 0.1) is 0 Å². The molecular formula is C14H20N2O3. The molecule has 0 heterocycles. The van der Waals surface area contributed by atoms with E-state index in [0.29, 0.717) is 23.4 Å². The van der Waals surface area contributed by atoms with Crippen molar-refractivity contribution >= 4 is 17.3 Å². The van der Waals surface area contributed by atoms with Crippen LogP contribution in [0.2, 0.25) is 0 Å². The van der Waals surface area contributed by atoms with E-state index in [1.807, 2.05) is 6.07 Å². The van der Waals surface area contributed by atoms with Gasteiger partial charge >= 0.3 is 5.97 Å². The Labute approximate surface area is 113 Å². The van der Waals surface area contributed by atoms with Gasteiger partial charge in [-0.2, -0.15) is 0 Å². The first-order valence-electron chi connectivity index (χ1n) is 6.41. The molecule has 2 atom stereocenters. The maximum Gasteiger partial charge on any atom is 0.340 e. The van der Waals surface area contributed by atoms with Crippen molar-refractivity contribution in [3.8, 4) is 0 Å². The van der Waals surface area contributed by atoms with Gasteiger partial charge in [0, 0.05) is 24.5 Å². The van der Waals surface area contributed by atoms with Crippen LogP contribution in [0.15, 0.2) is 18.2 Å². The van der Waals surface area contributed by atoms with Crippen LogP contribution in [0.1, 0.15) is 29.6 Å². The van der Waals surface area contributed by atoms with Crippen molar-refractivity contribution in [3.63, 3.8) is 0 Å². The highest BCUT2D eigenvalue weighted by Gasteiger charge is 2.24. The predicted octanol–water partition coefficient (Wildman–Crippen LogP) is 2.03. The molecule has 0 aromatic heterocycles. The van der Waals surface area contributed by atoms with E-state index in [-0.39, 0.29) is 0 Å². The molecule has 1 saturated carbocycles. The fourth-order valence-electron chi connectivity index (χ4n) is 2.45. The summed E-state index contributed by atoms with van der Waals surface area (Å²) in [6, 6.07) is 5.71. The zero-order chi connectivity index (χ0) is 13.8. The van der Waals surface area contributed by atoms with Crippen molar-refractivity contribution in [1.82, 2.24) is 0 Å². The summed E-state index contributed by atoms with van der Waals surface area (Å²) in [5, 5.41) is 3.41. The molecule has 2 unspecified atom stereocenters. The average molecular weight is 264 g/mol. The SMILES string of the molecule is COC(=O)c1cc(NC2CCC(OC)C2)ccc1N. The van der Waals surface area contributed by atoms with Gasteiger partial charge in [0.1, 0.15) is 0 Å². The summed E-state index contributed by atoms with van der Waals surface area (Å²) in [7, 11) is 3.09. The van der Waals surface area contributed by atoms with E-state index in [1.165, 1.54) is 7.11 Å². The lowest BCUT2D eigenvalue weighted by Gasteiger charge is -2.15. The lowest BCUT2D eigenvalue weighted by molar-refractivity contribution is 0.0602. The molecule has 3 N–H and O–H groups in total. The van der Waals surface area contributed by atoms with E-state index in [9.17, 15) is 4.79 Å². The standard InChI is InChI=1S/C14H20N2O3/c1-18-11-5-3-9(7-11)16-10-4-6-13(15)12(8-10)14(17)19-2/h4,6,8-9,11,16H,3,5,7,15H2,1-2H3. The van der Waals surface area contributed by atoms with Crippen LogP contribution >= 0.6 is 0 Å². The molecule has 19 heavy (non-hydrogen) atoms. The summed E-state index contributed by atoms with van der Waals surface area (Å²) in [6.45, 7) is 0. The number of esters is 1. The number of hydrogen-bond donors (Lipinski definition) is 2. The van der Waals surface area contributed by atoms with Gasteiger partial charge in [-0.05, 0) is 37.5 Å². The van der Waals surface area contributed by atoms with E-state index >= 15 is 0 Å². The second-order valence-corrected chi connectivity index (χ2v) is 4.81. The normalized spacial score (nSPS) is 22.2. The Kier molecular flexibility index (Phi) is 4.27. The van der Waals surface area contributed by atoms with Crippen molar-refractivity contribution in [2.75, 3.05) is 25.3 Å². The molecule has 1 aromatic carbocycles. The van der Waals surface area contributed by atoms with E-state index in [4.69, 9.17) is 15.2 Å². The molecule has 1 aliphatic rings. The van der Waals surface area contributed by atoms with Crippen molar-refractivity contribution in [2.45, 2.75) is 31.4 Å². The third-order valence-corrected chi connectivity index (χ3v) is 3.55. The Morgan fingerprint density at radius 1 is 1.37 bits per heavy atom. The Morgan fingerprint density at radius 2 is 2.16 bits per heavy atom. The van der Waals surface area contributed by atoms with Crippen LogP contribution in [0.25, 0.3) is 0 Å². The van der Waals surface area contributed by atoms with Crippen LogP contribution in [0.5, 0.6) is 0 Å². The van der Waals surface area contributed by atoms with Crippen LogP contribution < -0.4 is 11.1 Å². The number of rotatable bonds is 4. The molecule has 2 rings (SSSR count). The molecule has 0 bridgehead atoms. The topological polar surface area (TPSA) is 73.6 Å². The maximum absolute atomic E-state index is 11.6. The fourth-order valence-corrected chi connectivity index (χ4v) is 2.45. The Hall–Kier alpha value is -1.75. The van der Waals surface area contributed by atoms with Gasteiger partial charge in [-0.25, -0.2) is 4.79 Å². The monoisotopic (exact) mass is 264 g/mol. The number of anilines is 2. The van der Waals surface area contributed by atoms with Crippen LogP contribution in [0.4, 0.5) is 11.4 Å². The number of nitrogens with one attached hydrogen (secondary N) is 1. The largest absolute Gasteiger partial charge is 0.465 e. The molecule has 104 valence electrons. The molecule has 1 aromatic rings. The fraction of sp³-hybridized carbons (Fsp3) is 0.500. The van der Waals surface area contributed by atoms with Crippen LogP contribution in [-0.2, 0) is 9.47 Å². The number of nitrogen functional groups attached to an aromatic ring is 1. The molecule has 5 nitrogen and oxygen atoms in total. The van der Waals surface area contributed by atoms with E-state index < -0.39 is 5.97 Å². The minimum atomic E-state index is -0.415. The third kappa shape index (κ3) is 3.17. The van der Waals surface area contributed by atoms with Gasteiger partial charge in [-0.15, -0.1) is 0 Å². The molecule has 1 fully saturated rings. The molecule has 0 radical (unpaired) electrons. The number of hydrogen-bond acceptors (Lipinski definition) is 5. The highest BCUT2D eigenvalue weighted by Crippen LogP contribution is 2.26. The highest BCUT2D eigenvalue weighted by molar-refractivity contribution is 5.96. The highest BCUT2D eigenvalue weighted by atomic mass is 16.5. The van der Waals surface area contributed by atoms with Gasteiger partial charge in [0.25, 0.3) is 0 Å². The lowest BCUT2D eigenvalue weighted by atomic mass is 10.1. The summed E-state index contributed by atoms with van der Waals surface area (Å²) < 4.78 is 10.1. The minimum Gasteiger partial charge on any atom is -0.465 e. The number of carbonyl (C=O) groups excluding carboxylic acids is 1. The van der Waals surface area contributed by atoms with Crippen molar-refractivity contribution in [2.24, 2.45) is 0 Å². The lowest BCUT2D eigenvalue weighted by Crippen LogP contribution is -2.17. The number of nitrogens with two attached hydrogens (primary N) is 1. The zero-order valence-electron chi connectivity index (χ0n) is 11.3. The van der Waals surface area contributed by atoms with E-state index in [1.54, 1.807) is 19.2 Å². The van der Waals surface area contributed by atoms with Gasteiger partial charge in [0.2, 0.25) is 0 Å². The van der Waals surface area contributed by atoms with E-state index in [0.717, 1.165) is 24.9 Å². The second kappa shape index (κ2) is 5.93. The zero-order valence-corrected chi connectivity index (χ0v) is 11.3. The summed E-state index contributed by atoms with van der Waals surface area (Å²) in [5.41, 5.74) is 7.48. The first-order chi connectivity index (χ1) is 9.13. The quantitative estimate of drug-likeness (QED) is 0.643. The average Bonchev–Trinajstić information content (AvgIpc) is 2.87.